The van der Waals surface area contributed by atoms with Crippen molar-refractivity contribution in [3.05, 3.63) is 53.6 Å². The molecule has 1 aliphatic carbocycles. The monoisotopic (exact) mass is 616 g/mol. The molecule has 2 amide bonds. The van der Waals surface area contributed by atoms with Crippen molar-refractivity contribution in [2.24, 2.45) is 5.92 Å². The number of aliphatic hydroxyl groups excluding tert-OH is 1. The number of aliphatic hydroxyl groups is 1. The third-order valence-electron chi connectivity index (χ3n) is 7.35. The van der Waals surface area contributed by atoms with Crippen LogP contribution in [0.4, 0.5) is 0 Å². The summed E-state index contributed by atoms with van der Waals surface area (Å²) in [5, 5.41) is 18.2. The second kappa shape index (κ2) is 27.8. The van der Waals surface area contributed by atoms with Crippen LogP contribution in [-0.2, 0) is 22.4 Å². The molecule has 1 aromatic rings. The van der Waals surface area contributed by atoms with Gasteiger partial charge >= 0.3 is 0 Å². The van der Waals surface area contributed by atoms with Gasteiger partial charge in [-0.25, -0.2) is 0 Å². The summed E-state index contributed by atoms with van der Waals surface area (Å²) in [5.41, 5.74) is 2.41. The lowest BCUT2D eigenvalue weighted by molar-refractivity contribution is -0.133. The zero-order valence-corrected chi connectivity index (χ0v) is 28.9. The number of rotatable bonds is 17. The first kappa shape index (κ1) is 41.3. The maximum Gasteiger partial charge on any atom is 0.239 e. The zero-order chi connectivity index (χ0) is 33.0. The minimum absolute atomic E-state index is 0.0205. The summed E-state index contributed by atoms with van der Waals surface area (Å²) in [5.74, 6) is 1.42. The van der Waals surface area contributed by atoms with Gasteiger partial charge in [0, 0.05) is 26.7 Å². The number of amides is 2. The van der Waals surface area contributed by atoms with Crippen LogP contribution in [0.25, 0.3) is 0 Å². The van der Waals surface area contributed by atoms with Gasteiger partial charge in [0.25, 0.3) is 0 Å². The Morgan fingerprint density at radius 3 is 2.32 bits per heavy atom. The molecule has 2 atom stereocenters. The second-order valence-corrected chi connectivity index (χ2v) is 10.8. The van der Waals surface area contributed by atoms with Gasteiger partial charge in [-0.3, -0.25) is 9.59 Å². The summed E-state index contributed by atoms with van der Waals surface area (Å²) in [6.45, 7) is 12.9. The fourth-order valence-electron chi connectivity index (χ4n) is 4.64. The number of nitrogens with one attached hydrogen (secondary N) is 3. The molecule has 2 aliphatic rings. The van der Waals surface area contributed by atoms with Crippen LogP contribution in [0, 0.1) is 5.92 Å². The average Bonchev–Trinajstić information content (AvgIpc) is 3.90. The van der Waals surface area contributed by atoms with Crippen molar-refractivity contribution in [1.29, 1.82) is 0 Å². The van der Waals surface area contributed by atoms with Crippen molar-refractivity contribution in [2.45, 2.75) is 105 Å². The molecule has 0 aromatic heterocycles. The molecule has 0 spiro atoms. The largest absolute Gasteiger partial charge is 0.489 e. The Kier molecular flexibility index (Phi) is 26.1. The van der Waals surface area contributed by atoms with Crippen molar-refractivity contribution in [3.8, 4) is 5.75 Å². The van der Waals surface area contributed by atoms with Crippen LogP contribution in [0.15, 0.2) is 42.5 Å². The third kappa shape index (κ3) is 18.2. The molecular weight excluding hydrogens is 552 g/mol. The van der Waals surface area contributed by atoms with Gasteiger partial charge in [0.1, 0.15) is 11.9 Å². The van der Waals surface area contributed by atoms with Crippen molar-refractivity contribution >= 4 is 12.3 Å². The van der Waals surface area contributed by atoms with E-state index in [1.807, 2.05) is 20.9 Å². The number of aryl methyl sites for hydroxylation is 2. The summed E-state index contributed by atoms with van der Waals surface area (Å²) in [4.78, 5) is 24.7. The molecule has 4 N–H and O–H groups in total. The highest BCUT2D eigenvalue weighted by atomic mass is 16.5. The van der Waals surface area contributed by atoms with E-state index in [0.717, 1.165) is 57.2 Å². The van der Waals surface area contributed by atoms with Crippen LogP contribution in [0.3, 0.4) is 0 Å². The van der Waals surface area contributed by atoms with Crippen LogP contribution < -0.4 is 20.7 Å². The minimum atomic E-state index is -0.193. The number of likely N-dealkylation sites (N-methyl/N-ethyl adjacent to an activating group) is 1. The quantitative estimate of drug-likeness (QED) is 0.106. The predicted molar refractivity (Wildman–Crippen MR) is 185 cm³/mol. The lowest BCUT2D eigenvalue weighted by Gasteiger charge is -2.30. The highest BCUT2D eigenvalue weighted by molar-refractivity contribution is 5.82. The van der Waals surface area contributed by atoms with Crippen LogP contribution in [0.1, 0.15) is 90.7 Å². The van der Waals surface area contributed by atoms with Gasteiger partial charge in [-0.2, -0.15) is 0 Å². The van der Waals surface area contributed by atoms with E-state index < -0.39 is 0 Å². The Labute approximate surface area is 269 Å². The lowest BCUT2D eigenvalue weighted by atomic mass is 9.97. The lowest BCUT2D eigenvalue weighted by Crippen LogP contribution is -2.50. The first-order valence-corrected chi connectivity index (χ1v) is 16.9. The molecule has 1 aromatic carbocycles. The molecule has 1 aliphatic heterocycles. The minimum Gasteiger partial charge on any atom is -0.489 e. The van der Waals surface area contributed by atoms with Gasteiger partial charge in [0.2, 0.25) is 12.3 Å². The standard InChI is InChI=1S/C22H33N3O4.C9H16.C3H9N.C2H6/c1-25(12-13-26)22(28)20(16-7-8-16)24-14-19-10-9-18-5-2-4-17(21(18)29-19)6-3-11-23-15-27;1-3-5-7-9-8-6-4-2;1-3-4-2;1-2/h2,4-5,15-16,19-20,24,26H,3,6-14H2,1H3,(H,23,27);3-6H,7-9H2,1-2H3;4H,3H2,1-2H3;1-2H3/b;5-3-,6-4+;;. The number of hydrogen-bond donors (Lipinski definition) is 4. The average molecular weight is 617 g/mol. The highest BCUT2D eigenvalue weighted by Gasteiger charge is 2.38. The number of para-hydroxylation sites is 1. The Bertz CT molecular complexity index is 903. The van der Waals surface area contributed by atoms with E-state index in [-0.39, 0.29) is 24.7 Å². The molecule has 3 rings (SSSR count). The molecule has 44 heavy (non-hydrogen) atoms. The number of allylic oxidation sites excluding steroid dienone is 4. The van der Waals surface area contributed by atoms with Crippen molar-refractivity contribution in [1.82, 2.24) is 20.9 Å². The van der Waals surface area contributed by atoms with Gasteiger partial charge < -0.3 is 30.7 Å². The molecule has 8 heteroatoms. The Morgan fingerprint density at radius 1 is 1.11 bits per heavy atom. The Hall–Kier alpha value is -2.68. The first-order valence-electron chi connectivity index (χ1n) is 16.9. The van der Waals surface area contributed by atoms with Crippen LogP contribution >= 0.6 is 0 Å². The van der Waals surface area contributed by atoms with E-state index in [0.29, 0.717) is 25.6 Å². The van der Waals surface area contributed by atoms with Crippen molar-refractivity contribution < 1.29 is 19.4 Å². The molecule has 0 bridgehead atoms. The number of fused-ring (bicyclic) bond motifs is 1. The zero-order valence-electron chi connectivity index (χ0n) is 28.9. The topological polar surface area (TPSA) is 103 Å². The number of carbonyl (C=O) groups is 2. The highest BCUT2D eigenvalue weighted by Crippen LogP contribution is 2.34. The number of carbonyl (C=O) groups excluding carboxylic acids is 2. The van der Waals surface area contributed by atoms with Crippen LogP contribution in [0.2, 0.25) is 0 Å². The van der Waals surface area contributed by atoms with E-state index in [4.69, 9.17) is 9.84 Å². The maximum atomic E-state index is 12.7. The first-order chi connectivity index (χ1) is 21.5. The summed E-state index contributed by atoms with van der Waals surface area (Å²) in [7, 11) is 3.68. The summed E-state index contributed by atoms with van der Waals surface area (Å²) in [6.07, 6.45) is 18.9. The number of nitrogens with zero attached hydrogens (tertiary/aromatic N) is 1. The fraction of sp³-hybridized carbons (Fsp3) is 0.667. The summed E-state index contributed by atoms with van der Waals surface area (Å²) < 4.78 is 6.34. The normalized spacial score (nSPS) is 15.8. The molecule has 2 unspecified atom stereocenters. The van der Waals surface area contributed by atoms with Crippen molar-refractivity contribution in [2.75, 3.05) is 46.9 Å². The van der Waals surface area contributed by atoms with Gasteiger partial charge in [0.05, 0.1) is 12.6 Å². The van der Waals surface area contributed by atoms with Gasteiger partial charge in [-0.05, 0) is 102 Å². The fourth-order valence-corrected chi connectivity index (χ4v) is 4.64. The molecule has 1 saturated carbocycles. The Balaban J connectivity index is 0.00000103. The van der Waals surface area contributed by atoms with E-state index in [9.17, 15) is 9.59 Å². The van der Waals surface area contributed by atoms with Gasteiger partial charge in [-0.15, -0.1) is 0 Å². The molecule has 8 nitrogen and oxygen atoms in total. The molecule has 1 heterocycles. The molecular formula is C36H64N4O4. The SMILES string of the molecule is C/C=C\CCC/C=C/C.CC.CCNC.CN(CCO)C(=O)C(NCC1CCc2cccc(CCCNC=O)c2O1)C1CC1. The second-order valence-electron chi connectivity index (χ2n) is 10.8. The third-order valence-corrected chi connectivity index (χ3v) is 7.35. The van der Waals surface area contributed by atoms with Crippen LogP contribution in [0.5, 0.6) is 5.75 Å². The van der Waals surface area contributed by atoms with E-state index in [1.165, 1.54) is 30.4 Å². The number of ether oxygens (including phenoxy) is 1. The Morgan fingerprint density at radius 2 is 1.77 bits per heavy atom. The van der Waals surface area contributed by atoms with Gasteiger partial charge in [-0.1, -0.05) is 63.3 Å². The summed E-state index contributed by atoms with van der Waals surface area (Å²) >= 11 is 0. The van der Waals surface area contributed by atoms with Crippen molar-refractivity contribution in [3.63, 3.8) is 0 Å². The molecule has 0 radical (unpaired) electrons. The molecule has 252 valence electrons. The van der Waals surface area contributed by atoms with E-state index in [2.05, 4.69) is 79.2 Å². The molecule has 0 saturated heterocycles. The number of benzene rings is 1. The van der Waals surface area contributed by atoms with Gasteiger partial charge in [0.15, 0.2) is 0 Å². The predicted octanol–water partition coefficient (Wildman–Crippen LogP) is 5.44. The molecule has 1 fully saturated rings. The maximum absolute atomic E-state index is 12.7. The smallest absolute Gasteiger partial charge is 0.239 e. The van der Waals surface area contributed by atoms with E-state index in [1.54, 1.807) is 11.9 Å². The van der Waals surface area contributed by atoms with Crippen LogP contribution in [-0.4, -0.2) is 81.4 Å². The van der Waals surface area contributed by atoms with E-state index >= 15 is 0 Å². The number of hydrogen-bond acceptors (Lipinski definition) is 6. The summed E-state index contributed by atoms with van der Waals surface area (Å²) in [6, 6.07) is 6.09. The number of unbranched alkanes of at least 4 members (excludes halogenated alkanes) is 2.